The van der Waals surface area contributed by atoms with Gasteiger partial charge < -0.3 is 5.32 Å². The molecule has 1 aliphatic heterocycles. The third kappa shape index (κ3) is 3.53. The summed E-state index contributed by atoms with van der Waals surface area (Å²) in [5.74, 6) is 0.798. The molecule has 0 bridgehead atoms. The predicted octanol–water partition coefficient (Wildman–Crippen LogP) is 5.74. The third-order valence-electron chi connectivity index (χ3n) is 5.04. The molecule has 0 radical (unpaired) electrons. The summed E-state index contributed by atoms with van der Waals surface area (Å²) in [6.07, 6.45) is 10.5. The summed E-state index contributed by atoms with van der Waals surface area (Å²) in [6.45, 7) is 4.61. The third-order valence-corrected chi connectivity index (χ3v) is 6.20. The van der Waals surface area contributed by atoms with Crippen molar-refractivity contribution >= 4 is 17.5 Å². The van der Waals surface area contributed by atoms with E-state index >= 15 is 0 Å². The Balaban J connectivity index is 1.69. The number of nitrogens with one attached hydrogen (secondary N) is 1. The van der Waals surface area contributed by atoms with Gasteiger partial charge in [-0.3, -0.25) is 0 Å². The van der Waals surface area contributed by atoms with E-state index in [1.165, 1.54) is 62.6 Å². The van der Waals surface area contributed by atoms with Gasteiger partial charge in [0.15, 0.2) is 0 Å². The van der Waals surface area contributed by atoms with Crippen LogP contribution in [0.1, 0.15) is 69.1 Å². The molecule has 2 heteroatoms. The van der Waals surface area contributed by atoms with Crippen LogP contribution in [0.2, 0.25) is 0 Å². The first-order chi connectivity index (χ1) is 10.8. The summed E-state index contributed by atoms with van der Waals surface area (Å²) in [4.78, 5) is 0. The molecule has 3 rings (SSSR count). The molecule has 0 amide bonds. The Kier molecular flexibility index (Phi) is 5.51. The quantitative estimate of drug-likeness (QED) is 0.718. The molecule has 2 aliphatic rings. The average Bonchev–Trinajstić information content (AvgIpc) is 3.04. The van der Waals surface area contributed by atoms with Gasteiger partial charge in [-0.2, -0.15) is 0 Å². The molecule has 0 saturated carbocycles. The Labute approximate surface area is 140 Å². The van der Waals surface area contributed by atoms with Gasteiger partial charge in [-0.1, -0.05) is 38.8 Å². The molecule has 1 aromatic carbocycles. The summed E-state index contributed by atoms with van der Waals surface area (Å²) >= 11 is 2.00. The number of hydrogen-bond donors (Lipinski definition) is 1. The van der Waals surface area contributed by atoms with Crippen LogP contribution in [0.4, 0.5) is 0 Å². The van der Waals surface area contributed by atoms with E-state index < -0.39 is 0 Å². The first kappa shape index (κ1) is 16.0. The molecule has 0 aromatic heterocycles. The highest BCUT2D eigenvalue weighted by Gasteiger charge is 2.25. The molecule has 1 aliphatic carbocycles. The standard InChI is InChI=1S/C20H29NS/c1-3-7-16(8-4-2)20-21-19(14-22-20)18-12-11-15-9-5-6-10-17(15)13-18/h11-14,16,20-21H,3-10H2,1-2H3. The van der Waals surface area contributed by atoms with Crippen molar-refractivity contribution in [3.8, 4) is 0 Å². The van der Waals surface area contributed by atoms with Crippen LogP contribution >= 0.6 is 11.8 Å². The van der Waals surface area contributed by atoms with Gasteiger partial charge in [0.25, 0.3) is 0 Å². The monoisotopic (exact) mass is 315 g/mol. The van der Waals surface area contributed by atoms with Crippen LogP contribution in [0, 0.1) is 5.92 Å². The van der Waals surface area contributed by atoms with Gasteiger partial charge in [0.1, 0.15) is 0 Å². The summed E-state index contributed by atoms with van der Waals surface area (Å²) < 4.78 is 0. The molecule has 1 nitrogen and oxygen atoms in total. The normalized spacial score (nSPS) is 20.7. The lowest BCUT2D eigenvalue weighted by molar-refractivity contribution is 0.412. The first-order valence-corrected chi connectivity index (χ1v) is 10.0. The molecular formula is C20H29NS. The zero-order chi connectivity index (χ0) is 15.4. The van der Waals surface area contributed by atoms with Crippen molar-refractivity contribution in [2.75, 3.05) is 0 Å². The van der Waals surface area contributed by atoms with Crippen molar-refractivity contribution in [1.29, 1.82) is 0 Å². The summed E-state index contributed by atoms with van der Waals surface area (Å²) in [5, 5.41) is 6.74. The number of rotatable bonds is 6. The Morgan fingerprint density at radius 1 is 1.09 bits per heavy atom. The summed E-state index contributed by atoms with van der Waals surface area (Å²) in [6, 6.07) is 7.12. The lowest BCUT2D eigenvalue weighted by Crippen LogP contribution is -2.28. The van der Waals surface area contributed by atoms with Gasteiger partial charge in [-0.25, -0.2) is 0 Å². The maximum atomic E-state index is 3.81. The lowest BCUT2D eigenvalue weighted by Gasteiger charge is -2.24. The maximum Gasteiger partial charge on any atom is 0.0792 e. The number of fused-ring (bicyclic) bond motifs is 1. The summed E-state index contributed by atoms with van der Waals surface area (Å²) in [7, 11) is 0. The van der Waals surface area contributed by atoms with E-state index in [1.54, 1.807) is 11.1 Å². The van der Waals surface area contributed by atoms with E-state index in [4.69, 9.17) is 0 Å². The largest absolute Gasteiger partial charge is 0.372 e. The van der Waals surface area contributed by atoms with Gasteiger partial charge in [-0.15, -0.1) is 11.8 Å². The van der Waals surface area contributed by atoms with E-state index in [2.05, 4.69) is 42.8 Å². The fraction of sp³-hybridized carbons (Fsp3) is 0.600. The van der Waals surface area contributed by atoms with Gasteiger partial charge in [-0.05, 0) is 72.6 Å². The molecule has 1 unspecified atom stereocenters. The van der Waals surface area contributed by atoms with Crippen LogP contribution in [-0.4, -0.2) is 5.37 Å². The molecule has 22 heavy (non-hydrogen) atoms. The number of hydrogen-bond acceptors (Lipinski definition) is 2. The minimum Gasteiger partial charge on any atom is -0.372 e. The van der Waals surface area contributed by atoms with E-state index in [-0.39, 0.29) is 0 Å². The fourth-order valence-corrected chi connectivity index (χ4v) is 5.01. The highest BCUT2D eigenvalue weighted by Crippen LogP contribution is 2.36. The maximum absolute atomic E-state index is 3.81. The molecule has 0 fully saturated rings. The first-order valence-electron chi connectivity index (χ1n) is 9.06. The van der Waals surface area contributed by atoms with Crippen LogP contribution < -0.4 is 5.32 Å². The highest BCUT2D eigenvalue weighted by molar-refractivity contribution is 8.03. The lowest BCUT2D eigenvalue weighted by atomic mass is 9.90. The molecule has 1 atom stereocenters. The van der Waals surface area contributed by atoms with Gasteiger partial charge >= 0.3 is 0 Å². The molecule has 0 spiro atoms. The van der Waals surface area contributed by atoms with Crippen LogP contribution in [-0.2, 0) is 12.8 Å². The van der Waals surface area contributed by atoms with E-state index in [0.29, 0.717) is 5.37 Å². The second-order valence-corrected chi connectivity index (χ2v) is 7.78. The van der Waals surface area contributed by atoms with E-state index in [1.807, 2.05) is 11.8 Å². The van der Waals surface area contributed by atoms with Crippen LogP contribution in [0.3, 0.4) is 0 Å². The Morgan fingerprint density at radius 3 is 2.55 bits per heavy atom. The fourth-order valence-electron chi connectivity index (χ4n) is 3.83. The van der Waals surface area contributed by atoms with Crippen molar-refractivity contribution in [3.05, 3.63) is 40.3 Å². The Bertz CT molecular complexity index is 529. The number of benzene rings is 1. The van der Waals surface area contributed by atoms with Gasteiger partial charge in [0, 0.05) is 5.70 Å². The molecular weight excluding hydrogens is 286 g/mol. The Hall–Kier alpha value is -0.890. The molecule has 0 saturated heterocycles. The van der Waals surface area contributed by atoms with Crippen molar-refractivity contribution < 1.29 is 0 Å². The highest BCUT2D eigenvalue weighted by atomic mass is 32.2. The molecule has 120 valence electrons. The molecule has 1 aromatic rings. The number of aryl methyl sites for hydroxylation is 2. The van der Waals surface area contributed by atoms with Gasteiger partial charge in [0.05, 0.1) is 5.37 Å². The van der Waals surface area contributed by atoms with Gasteiger partial charge in [0.2, 0.25) is 0 Å². The molecule has 1 N–H and O–H groups in total. The van der Waals surface area contributed by atoms with Crippen LogP contribution in [0.15, 0.2) is 23.6 Å². The predicted molar refractivity (Wildman–Crippen MR) is 98.9 cm³/mol. The van der Waals surface area contributed by atoms with Crippen LogP contribution in [0.25, 0.3) is 5.70 Å². The van der Waals surface area contributed by atoms with Crippen molar-refractivity contribution in [2.24, 2.45) is 5.92 Å². The van der Waals surface area contributed by atoms with Crippen LogP contribution in [0.5, 0.6) is 0 Å². The second kappa shape index (κ2) is 7.59. The van der Waals surface area contributed by atoms with Crippen molar-refractivity contribution in [1.82, 2.24) is 5.32 Å². The van der Waals surface area contributed by atoms with Crippen molar-refractivity contribution in [2.45, 2.75) is 70.6 Å². The van der Waals surface area contributed by atoms with E-state index in [9.17, 15) is 0 Å². The average molecular weight is 316 g/mol. The zero-order valence-electron chi connectivity index (χ0n) is 14.0. The van der Waals surface area contributed by atoms with Crippen molar-refractivity contribution in [3.63, 3.8) is 0 Å². The second-order valence-electron chi connectivity index (χ2n) is 6.76. The van der Waals surface area contributed by atoms with E-state index in [0.717, 1.165) is 5.92 Å². The number of thioether (sulfide) groups is 1. The minimum absolute atomic E-state index is 0.575. The minimum atomic E-state index is 0.575. The summed E-state index contributed by atoms with van der Waals surface area (Å²) in [5.41, 5.74) is 5.90. The molecule has 1 heterocycles. The SMILES string of the molecule is CCCC(CCC)C1NC(c2ccc3c(c2)CCCC3)=CS1. The topological polar surface area (TPSA) is 12.0 Å². The Morgan fingerprint density at radius 2 is 1.82 bits per heavy atom. The zero-order valence-corrected chi connectivity index (χ0v) is 14.8. The smallest absolute Gasteiger partial charge is 0.0792 e.